The van der Waals surface area contributed by atoms with E-state index in [9.17, 15) is 13.2 Å². The van der Waals surface area contributed by atoms with Gasteiger partial charge in [-0.15, -0.1) is 0 Å². The average molecular weight is 520 g/mol. The molecule has 0 radical (unpaired) electrons. The molecule has 6 nitrogen and oxygen atoms in total. The van der Waals surface area contributed by atoms with Gasteiger partial charge >= 0.3 is 0 Å². The van der Waals surface area contributed by atoms with E-state index in [1.165, 1.54) is 25.3 Å². The zero-order valence-electron chi connectivity index (χ0n) is 18.1. The van der Waals surface area contributed by atoms with Crippen LogP contribution in [-0.4, -0.2) is 31.4 Å². The summed E-state index contributed by atoms with van der Waals surface area (Å²) in [5.74, 6) is -0.282. The molecular formula is C22H25Cl3N2O4S. The van der Waals surface area contributed by atoms with Crippen LogP contribution in [0.2, 0.25) is 0 Å². The van der Waals surface area contributed by atoms with Crippen LogP contribution in [0.3, 0.4) is 0 Å². The highest BCUT2D eigenvalue weighted by Gasteiger charge is 2.35. The molecule has 1 amide bonds. The Morgan fingerprint density at radius 1 is 1.09 bits per heavy atom. The zero-order valence-corrected chi connectivity index (χ0v) is 21.2. The molecule has 1 unspecified atom stereocenters. The van der Waals surface area contributed by atoms with Crippen LogP contribution in [-0.2, 0) is 15.3 Å². The van der Waals surface area contributed by atoms with E-state index in [0.29, 0.717) is 11.3 Å². The summed E-state index contributed by atoms with van der Waals surface area (Å²) in [5, 5.41) is 6.39. The number of carbonyl (C=O) groups excluding carboxylic acids is 1. The Kier molecular flexibility index (Phi) is 8.15. The van der Waals surface area contributed by atoms with Crippen LogP contribution in [0.25, 0.3) is 0 Å². The summed E-state index contributed by atoms with van der Waals surface area (Å²) in [4.78, 5) is 12.8. The molecule has 2 N–H and O–H groups in total. The van der Waals surface area contributed by atoms with Gasteiger partial charge in [0.2, 0.25) is 3.79 Å². The lowest BCUT2D eigenvalue weighted by atomic mass is 9.87. The number of amides is 1. The Bertz CT molecular complexity index is 1090. The van der Waals surface area contributed by atoms with Crippen molar-refractivity contribution in [3.63, 3.8) is 0 Å². The van der Waals surface area contributed by atoms with Crippen molar-refractivity contribution < 1.29 is 17.9 Å². The van der Waals surface area contributed by atoms with Gasteiger partial charge in [-0.3, -0.25) is 4.79 Å². The number of alkyl halides is 3. The van der Waals surface area contributed by atoms with Gasteiger partial charge < -0.3 is 15.4 Å². The number of sulfone groups is 1. The lowest BCUT2D eigenvalue weighted by molar-refractivity contribution is 0.0941. The highest BCUT2D eigenvalue weighted by molar-refractivity contribution is 7.94. The molecule has 2 aromatic rings. The van der Waals surface area contributed by atoms with Gasteiger partial charge in [-0.25, -0.2) is 8.42 Å². The number of ether oxygens (including phenoxy) is 1. The third kappa shape index (κ3) is 6.54. The van der Waals surface area contributed by atoms with Crippen LogP contribution in [0.1, 0.15) is 36.7 Å². The van der Waals surface area contributed by atoms with Crippen molar-refractivity contribution in [2.75, 3.05) is 12.4 Å². The molecule has 0 saturated heterocycles. The van der Waals surface area contributed by atoms with E-state index in [2.05, 4.69) is 38.0 Å². The molecule has 0 fully saturated rings. The first-order chi connectivity index (χ1) is 14.7. The molecule has 2 rings (SSSR count). The summed E-state index contributed by atoms with van der Waals surface area (Å²) in [6, 6.07) is 11.2. The molecule has 0 aliphatic carbocycles. The highest BCUT2D eigenvalue weighted by atomic mass is 35.6. The second-order valence-electron chi connectivity index (χ2n) is 7.99. The predicted octanol–water partition coefficient (Wildman–Crippen LogP) is 5.45. The number of methoxy groups -OCH3 is 1. The van der Waals surface area contributed by atoms with Gasteiger partial charge in [0.15, 0.2) is 9.84 Å². The lowest BCUT2D eigenvalue weighted by Crippen LogP contribution is -2.49. The minimum Gasteiger partial charge on any atom is -0.495 e. The van der Waals surface area contributed by atoms with Gasteiger partial charge in [0.05, 0.1) is 17.7 Å². The number of rotatable bonds is 7. The number of nitrogens with one attached hydrogen (secondary N) is 2. The number of hydrogen-bond donors (Lipinski definition) is 2. The maximum absolute atomic E-state index is 12.8. The van der Waals surface area contributed by atoms with Crippen molar-refractivity contribution in [3.05, 3.63) is 65.6 Å². The largest absolute Gasteiger partial charge is 0.495 e. The van der Waals surface area contributed by atoms with E-state index in [1.807, 2.05) is 12.1 Å². The van der Waals surface area contributed by atoms with Crippen molar-refractivity contribution in [3.8, 4) is 5.75 Å². The number of hydrogen-bond acceptors (Lipinski definition) is 5. The summed E-state index contributed by atoms with van der Waals surface area (Å²) in [6.45, 7) is 9.52. The maximum Gasteiger partial charge on any atom is 0.252 e. The number of anilines is 1. The Morgan fingerprint density at radius 3 is 2.16 bits per heavy atom. The summed E-state index contributed by atoms with van der Waals surface area (Å²) in [7, 11) is -2.30. The average Bonchev–Trinajstić information content (AvgIpc) is 2.72. The van der Waals surface area contributed by atoms with Gasteiger partial charge in [0.1, 0.15) is 11.9 Å². The molecule has 174 valence electrons. The molecule has 2 aromatic carbocycles. The Morgan fingerprint density at radius 2 is 1.69 bits per heavy atom. The van der Waals surface area contributed by atoms with E-state index in [4.69, 9.17) is 39.5 Å². The second kappa shape index (κ2) is 9.91. The smallest absolute Gasteiger partial charge is 0.252 e. The molecule has 0 heterocycles. The molecular weight excluding hydrogens is 495 g/mol. The number of carbonyl (C=O) groups is 1. The van der Waals surface area contributed by atoms with Crippen LogP contribution in [0.5, 0.6) is 5.75 Å². The summed E-state index contributed by atoms with van der Waals surface area (Å²) < 4.78 is 27.4. The van der Waals surface area contributed by atoms with E-state index >= 15 is 0 Å². The van der Waals surface area contributed by atoms with E-state index in [1.54, 1.807) is 12.1 Å². The van der Waals surface area contributed by atoms with Crippen LogP contribution in [0, 0.1) is 0 Å². The van der Waals surface area contributed by atoms with Crippen molar-refractivity contribution in [2.24, 2.45) is 0 Å². The fourth-order valence-corrected chi connectivity index (χ4v) is 3.80. The Hall–Kier alpha value is -1.93. The number of benzene rings is 2. The van der Waals surface area contributed by atoms with Crippen molar-refractivity contribution >= 4 is 56.2 Å². The van der Waals surface area contributed by atoms with Crippen molar-refractivity contribution in [2.45, 2.75) is 41.0 Å². The van der Waals surface area contributed by atoms with Gasteiger partial charge in [0.25, 0.3) is 5.91 Å². The standard InChI is InChI=1S/C22H25Cl3N2O4S/c1-6-32(29,30)16-11-12-17(18(13-16)31-5)26-20(22(23,24)25)27-19(28)14-7-9-15(10-8-14)21(2,3)4/h6-13,20,26H,1H2,2-5H3,(H,27,28). The molecule has 0 aliphatic heterocycles. The highest BCUT2D eigenvalue weighted by Crippen LogP contribution is 2.35. The second-order valence-corrected chi connectivity index (χ2v) is 12.3. The first-order valence-electron chi connectivity index (χ1n) is 9.49. The maximum atomic E-state index is 12.8. The monoisotopic (exact) mass is 518 g/mol. The van der Waals surface area contributed by atoms with E-state index < -0.39 is 25.7 Å². The van der Waals surface area contributed by atoms with Gasteiger partial charge in [-0.05, 0) is 35.2 Å². The SMILES string of the molecule is C=CS(=O)(=O)c1ccc(NC(NC(=O)c2ccc(C(C)(C)C)cc2)C(Cl)(Cl)Cl)c(OC)c1. The van der Waals surface area contributed by atoms with E-state index in [-0.39, 0.29) is 16.1 Å². The molecule has 32 heavy (non-hydrogen) atoms. The quantitative estimate of drug-likeness (QED) is 0.375. The minimum atomic E-state index is -3.67. The Balaban J connectivity index is 2.30. The van der Waals surface area contributed by atoms with Crippen LogP contribution >= 0.6 is 34.8 Å². The molecule has 1 atom stereocenters. The van der Waals surface area contributed by atoms with Crippen LogP contribution in [0.15, 0.2) is 59.3 Å². The summed E-state index contributed by atoms with van der Waals surface area (Å²) in [5.41, 5.74) is 1.72. The van der Waals surface area contributed by atoms with Gasteiger partial charge in [0, 0.05) is 17.0 Å². The Labute approximate surface area is 203 Å². The number of halogens is 3. The summed E-state index contributed by atoms with van der Waals surface area (Å²) >= 11 is 18.3. The molecule has 0 aliphatic rings. The molecule has 0 bridgehead atoms. The van der Waals surface area contributed by atoms with Crippen molar-refractivity contribution in [1.29, 1.82) is 0 Å². The van der Waals surface area contributed by atoms with Crippen molar-refractivity contribution in [1.82, 2.24) is 5.32 Å². The zero-order chi connectivity index (χ0) is 24.3. The van der Waals surface area contributed by atoms with Crippen LogP contribution < -0.4 is 15.4 Å². The normalized spacial score (nSPS) is 13.2. The third-order valence-corrected chi connectivity index (χ3v) is 6.64. The van der Waals surface area contributed by atoms with Gasteiger partial charge in [-0.1, -0.05) is 74.3 Å². The van der Waals surface area contributed by atoms with E-state index in [0.717, 1.165) is 11.0 Å². The molecule has 0 saturated carbocycles. The first kappa shape index (κ1) is 26.3. The predicted molar refractivity (Wildman–Crippen MR) is 131 cm³/mol. The fraction of sp³-hybridized carbons (Fsp3) is 0.318. The van der Waals surface area contributed by atoms with Crippen LogP contribution in [0.4, 0.5) is 5.69 Å². The first-order valence-corrected chi connectivity index (χ1v) is 12.2. The minimum absolute atomic E-state index is 0.0108. The topological polar surface area (TPSA) is 84.5 Å². The molecule has 10 heteroatoms. The van der Waals surface area contributed by atoms with Gasteiger partial charge in [-0.2, -0.15) is 0 Å². The third-order valence-electron chi connectivity index (χ3n) is 4.64. The lowest BCUT2D eigenvalue weighted by Gasteiger charge is -2.28. The molecule has 0 aromatic heterocycles. The summed E-state index contributed by atoms with van der Waals surface area (Å²) in [6.07, 6.45) is -1.15. The molecule has 0 spiro atoms. The fourth-order valence-electron chi connectivity index (χ4n) is 2.76.